The van der Waals surface area contributed by atoms with Gasteiger partial charge in [0.25, 0.3) is 5.97 Å². The Kier molecular flexibility index (Phi) is 5.88. The second kappa shape index (κ2) is 6.42. The lowest BCUT2D eigenvalue weighted by molar-refractivity contribution is -0.134. The predicted molar refractivity (Wildman–Crippen MR) is 46.4 cm³/mol. The van der Waals surface area contributed by atoms with Crippen LogP contribution < -0.4 is 0 Å². The minimum absolute atomic E-state index is 0.151. The van der Waals surface area contributed by atoms with Crippen molar-refractivity contribution in [2.75, 3.05) is 26.3 Å². The van der Waals surface area contributed by atoms with Gasteiger partial charge in [0.2, 0.25) is 5.91 Å². The number of rotatable bonds is 0. The van der Waals surface area contributed by atoms with Gasteiger partial charge in [-0.2, -0.15) is 0 Å². The maximum atomic E-state index is 10.7. The first kappa shape index (κ1) is 11.9. The summed E-state index contributed by atoms with van der Waals surface area (Å²) in [5.41, 5.74) is 0. The van der Waals surface area contributed by atoms with Crippen molar-refractivity contribution < 1.29 is 19.4 Å². The van der Waals surface area contributed by atoms with E-state index < -0.39 is 5.97 Å². The average Bonchev–Trinajstić information content (AvgIpc) is 2.05. The summed E-state index contributed by atoms with van der Waals surface area (Å²) in [6.45, 7) is 5.58. The molecule has 0 saturated carbocycles. The molecule has 0 atom stereocenters. The molecule has 1 rings (SSSR count). The predicted octanol–water partition coefficient (Wildman–Crippen LogP) is -0.0440. The van der Waals surface area contributed by atoms with Crippen molar-refractivity contribution in [2.24, 2.45) is 0 Å². The molecule has 1 heterocycles. The second-order valence-corrected chi connectivity index (χ2v) is 2.64. The number of carboxylic acids is 1. The number of aliphatic carboxylic acids is 1. The molecule has 5 nitrogen and oxygen atoms in total. The molecule has 1 aliphatic heterocycles. The molecule has 0 unspecified atom stereocenters. The average molecular weight is 189 g/mol. The number of morpholine rings is 1. The van der Waals surface area contributed by atoms with Crippen LogP contribution in [0.25, 0.3) is 0 Å². The molecule has 0 bridgehead atoms. The third-order valence-electron chi connectivity index (χ3n) is 1.46. The summed E-state index contributed by atoms with van der Waals surface area (Å²) in [7, 11) is 0. The van der Waals surface area contributed by atoms with E-state index in [9.17, 15) is 4.79 Å². The van der Waals surface area contributed by atoms with Gasteiger partial charge in [0.05, 0.1) is 13.2 Å². The number of carbonyl (C=O) groups excluding carboxylic acids is 1. The zero-order valence-electron chi connectivity index (χ0n) is 7.95. The van der Waals surface area contributed by atoms with Gasteiger partial charge in [-0.1, -0.05) is 0 Å². The first-order chi connectivity index (χ1) is 6.04. The Morgan fingerprint density at radius 2 is 1.62 bits per heavy atom. The Morgan fingerprint density at radius 1 is 1.23 bits per heavy atom. The second-order valence-electron chi connectivity index (χ2n) is 2.64. The van der Waals surface area contributed by atoms with E-state index in [-0.39, 0.29) is 5.91 Å². The molecule has 0 aliphatic carbocycles. The number of amides is 1. The third kappa shape index (κ3) is 7.27. The zero-order valence-corrected chi connectivity index (χ0v) is 7.95. The molecule has 0 aromatic heterocycles. The van der Waals surface area contributed by atoms with Gasteiger partial charge in [-0.05, 0) is 0 Å². The number of hydrogen-bond donors (Lipinski definition) is 1. The molecule has 0 aromatic carbocycles. The van der Waals surface area contributed by atoms with Gasteiger partial charge in [0.1, 0.15) is 0 Å². The lowest BCUT2D eigenvalue weighted by Crippen LogP contribution is -2.39. The highest BCUT2D eigenvalue weighted by molar-refractivity contribution is 5.73. The van der Waals surface area contributed by atoms with Crippen LogP contribution in [0.1, 0.15) is 13.8 Å². The smallest absolute Gasteiger partial charge is 0.300 e. The van der Waals surface area contributed by atoms with Crippen molar-refractivity contribution in [1.82, 2.24) is 4.90 Å². The normalized spacial score (nSPS) is 15.7. The van der Waals surface area contributed by atoms with E-state index in [4.69, 9.17) is 14.6 Å². The largest absolute Gasteiger partial charge is 0.481 e. The molecule has 0 aromatic rings. The molecule has 1 N–H and O–H groups in total. The molecule has 0 spiro atoms. The van der Waals surface area contributed by atoms with Crippen molar-refractivity contribution in [2.45, 2.75) is 13.8 Å². The molecule has 5 heteroatoms. The number of ether oxygens (including phenoxy) is 1. The van der Waals surface area contributed by atoms with Gasteiger partial charge < -0.3 is 14.7 Å². The highest BCUT2D eigenvalue weighted by atomic mass is 16.5. The lowest BCUT2D eigenvalue weighted by atomic mass is 10.4. The van der Waals surface area contributed by atoms with Crippen molar-refractivity contribution >= 4 is 11.9 Å². The molecule has 1 amide bonds. The highest BCUT2D eigenvalue weighted by Gasteiger charge is 2.11. The van der Waals surface area contributed by atoms with Crippen LogP contribution in [0.15, 0.2) is 0 Å². The van der Waals surface area contributed by atoms with Gasteiger partial charge in [0, 0.05) is 26.9 Å². The fourth-order valence-electron chi connectivity index (χ4n) is 0.878. The molecule has 1 aliphatic rings. The molecule has 0 radical (unpaired) electrons. The Labute approximate surface area is 77.3 Å². The third-order valence-corrected chi connectivity index (χ3v) is 1.46. The summed E-state index contributed by atoms with van der Waals surface area (Å²) in [5, 5.41) is 7.42. The van der Waals surface area contributed by atoms with E-state index in [0.29, 0.717) is 13.2 Å². The summed E-state index contributed by atoms with van der Waals surface area (Å²) in [5.74, 6) is -0.682. The first-order valence-electron chi connectivity index (χ1n) is 4.07. The van der Waals surface area contributed by atoms with Gasteiger partial charge in [-0.15, -0.1) is 0 Å². The standard InChI is InChI=1S/C6H11NO2.C2H4O2/c1-6(8)7-2-4-9-5-3-7;1-2(3)4/h2-5H2,1H3;1H3,(H,3,4). The van der Waals surface area contributed by atoms with Crippen LogP contribution in [-0.2, 0) is 14.3 Å². The Hall–Kier alpha value is -1.10. The minimum atomic E-state index is -0.833. The van der Waals surface area contributed by atoms with E-state index >= 15 is 0 Å². The summed E-state index contributed by atoms with van der Waals surface area (Å²) >= 11 is 0. The van der Waals surface area contributed by atoms with E-state index in [2.05, 4.69) is 0 Å². The minimum Gasteiger partial charge on any atom is -0.481 e. The van der Waals surface area contributed by atoms with Crippen LogP contribution in [0.2, 0.25) is 0 Å². The topological polar surface area (TPSA) is 66.8 Å². The zero-order chi connectivity index (χ0) is 10.3. The summed E-state index contributed by atoms with van der Waals surface area (Å²) in [6.07, 6.45) is 0. The van der Waals surface area contributed by atoms with E-state index in [1.807, 2.05) is 0 Å². The lowest BCUT2D eigenvalue weighted by Gasteiger charge is -2.25. The molecule has 1 saturated heterocycles. The monoisotopic (exact) mass is 189 g/mol. The summed E-state index contributed by atoms with van der Waals surface area (Å²) in [6, 6.07) is 0. The van der Waals surface area contributed by atoms with E-state index in [0.717, 1.165) is 20.0 Å². The number of hydrogen-bond acceptors (Lipinski definition) is 3. The van der Waals surface area contributed by atoms with Crippen LogP contribution in [0, 0.1) is 0 Å². The van der Waals surface area contributed by atoms with Crippen LogP contribution in [0.4, 0.5) is 0 Å². The van der Waals surface area contributed by atoms with Gasteiger partial charge in [-0.25, -0.2) is 0 Å². The number of carbonyl (C=O) groups is 2. The van der Waals surface area contributed by atoms with Gasteiger partial charge in [0.15, 0.2) is 0 Å². The quantitative estimate of drug-likeness (QED) is 0.580. The molecule has 13 heavy (non-hydrogen) atoms. The van der Waals surface area contributed by atoms with Crippen LogP contribution in [0.3, 0.4) is 0 Å². The number of nitrogens with zero attached hydrogens (tertiary/aromatic N) is 1. The molecule has 1 fully saturated rings. The van der Waals surface area contributed by atoms with Crippen LogP contribution >= 0.6 is 0 Å². The van der Waals surface area contributed by atoms with E-state index in [1.165, 1.54) is 0 Å². The fourth-order valence-corrected chi connectivity index (χ4v) is 0.878. The molecular weight excluding hydrogens is 174 g/mol. The maximum Gasteiger partial charge on any atom is 0.300 e. The van der Waals surface area contributed by atoms with Crippen molar-refractivity contribution in [3.8, 4) is 0 Å². The van der Waals surface area contributed by atoms with Gasteiger partial charge >= 0.3 is 0 Å². The Balaban J connectivity index is 0.000000310. The van der Waals surface area contributed by atoms with Crippen molar-refractivity contribution in [1.29, 1.82) is 0 Å². The van der Waals surface area contributed by atoms with Crippen molar-refractivity contribution in [3.05, 3.63) is 0 Å². The van der Waals surface area contributed by atoms with Crippen LogP contribution in [0.5, 0.6) is 0 Å². The van der Waals surface area contributed by atoms with Gasteiger partial charge in [-0.3, -0.25) is 9.59 Å². The first-order valence-corrected chi connectivity index (χ1v) is 4.07. The van der Waals surface area contributed by atoms with Crippen LogP contribution in [-0.4, -0.2) is 48.2 Å². The van der Waals surface area contributed by atoms with E-state index in [1.54, 1.807) is 11.8 Å². The maximum absolute atomic E-state index is 10.7. The summed E-state index contributed by atoms with van der Waals surface area (Å²) < 4.78 is 5.06. The highest BCUT2D eigenvalue weighted by Crippen LogP contribution is 1.95. The van der Waals surface area contributed by atoms with Crippen molar-refractivity contribution in [3.63, 3.8) is 0 Å². The molecular formula is C8H15NO4. The fraction of sp³-hybridized carbons (Fsp3) is 0.750. The Morgan fingerprint density at radius 3 is 1.85 bits per heavy atom. The number of carboxylic acid groups (broad SMARTS) is 1. The molecule has 76 valence electrons. The summed E-state index contributed by atoms with van der Waals surface area (Å²) in [4.78, 5) is 21.5. The Bertz CT molecular complexity index is 171. The SMILES string of the molecule is CC(=O)N1CCOCC1.CC(=O)O.